The summed E-state index contributed by atoms with van der Waals surface area (Å²) in [7, 11) is 2.00. The summed E-state index contributed by atoms with van der Waals surface area (Å²) in [5.41, 5.74) is 1.41. The lowest BCUT2D eigenvalue weighted by Crippen LogP contribution is -2.34. The summed E-state index contributed by atoms with van der Waals surface area (Å²) in [6, 6.07) is 2.07. The number of nitrogens with zero attached hydrogens (tertiary/aromatic N) is 7. The summed E-state index contributed by atoms with van der Waals surface area (Å²) in [6.45, 7) is 5.16. The SMILES string of the molecule is Cc1ncc(CN2CCN(c3nccnc3C#N)CC(O)C2)n1C. The minimum atomic E-state index is -0.518. The Balaban J connectivity index is 1.74. The van der Waals surface area contributed by atoms with E-state index < -0.39 is 6.10 Å². The van der Waals surface area contributed by atoms with E-state index in [4.69, 9.17) is 0 Å². The molecule has 1 unspecified atom stereocenters. The van der Waals surface area contributed by atoms with E-state index in [1.807, 2.05) is 25.1 Å². The molecule has 0 saturated carbocycles. The van der Waals surface area contributed by atoms with Gasteiger partial charge in [-0.3, -0.25) is 4.90 Å². The van der Waals surface area contributed by atoms with E-state index in [1.54, 1.807) is 6.20 Å². The predicted octanol–water partition coefficient (Wildman–Crippen LogP) is 0.0733. The van der Waals surface area contributed by atoms with Crippen molar-refractivity contribution < 1.29 is 5.11 Å². The van der Waals surface area contributed by atoms with Crippen molar-refractivity contribution in [3.8, 4) is 6.07 Å². The highest BCUT2D eigenvalue weighted by Gasteiger charge is 2.24. The molecule has 0 radical (unpaired) electrons. The zero-order valence-electron chi connectivity index (χ0n) is 13.9. The Morgan fingerprint density at radius 1 is 1.25 bits per heavy atom. The smallest absolute Gasteiger partial charge is 0.183 e. The van der Waals surface area contributed by atoms with Crippen molar-refractivity contribution >= 4 is 5.82 Å². The number of nitriles is 1. The van der Waals surface area contributed by atoms with Crippen LogP contribution in [0.1, 0.15) is 17.2 Å². The van der Waals surface area contributed by atoms with Gasteiger partial charge in [0, 0.05) is 58.4 Å². The Morgan fingerprint density at radius 2 is 2.04 bits per heavy atom. The van der Waals surface area contributed by atoms with Crippen molar-refractivity contribution in [2.45, 2.75) is 19.6 Å². The van der Waals surface area contributed by atoms with Crippen LogP contribution in [0.3, 0.4) is 0 Å². The summed E-state index contributed by atoms with van der Waals surface area (Å²) in [6.07, 6.45) is 4.44. The molecule has 1 fully saturated rings. The van der Waals surface area contributed by atoms with E-state index in [9.17, 15) is 10.4 Å². The van der Waals surface area contributed by atoms with Gasteiger partial charge in [-0.2, -0.15) is 5.26 Å². The van der Waals surface area contributed by atoms with Gasteiger partial charge in [-0.1, -0.05) is 0 Å². The maximum atomic E-state index is 10.4. The number of hydrogen-bond acceptors (Lipinski definition) is 7. The molecule has 126 valence electrons. The summed E-state index contributed by atoms with van der Waals surface area (Å²) in [5.74, 6) is 1.51. The van der Waals surface area contributed by atoms with Crippen LogP contribution in [-0.4, -0.2) is 61.8 Å². The molecule has 0 aliphatic carbocycles. The average molecular weight is 327 g/mol. The normalized spacial score (nSPS) is 19.1. The highest BCUT2D eigenvalue weighted by Crippen LogP contribution is 2.17. The number of rotatable bonds is 3. The van der Waals surface area contributed by atoms with Gasteiger partial charge in [0.05, 0.1) is 11.8 Å². The fourth-order valence-corrected chi connectivity index (χ4v) is 2.96. The van der Waals surface area contributed by atoms with Crippen molar-refractivity contribution in [2.24, 2.45) is 7.05 Å². The van der Waals surface area contributed by atoms with Crippen LogP contribution < -0.4 is 4.90 Å². The van der Waals surface area contributed by atoms with E-state index in [1.165, 1.54) is 6.20 Å². The van der Waals surface area contributed by atoms with Crippen molar-refractivity contribution in [2.75, 3.05) is 31.1 Å². The molecule has 0 amide bonds. The molecule has 24 heavy (non-hydrogen) atoms. The third-order valence-electron chi connectivity index (χ3n) is 4.37. The Kier molecular flexibility index (Phi) is 4.74. The quantitative estimate of drug-likeness (QED) is 0.852. The van der Waals surface area contributed by atoms with Crippen molar-refractivity contribution in [1.82, 2.24) is 24.4 Å². The fraction of sp³-hybridized carbons (Fsp3) is 0.500. The lowest BCUT2D eigenvalue weighted by Gasteiger charge is -2.23. The van der Waals surface area contributed by atoms with Gasteiger partial charge in [0.1, 0.15) is 11.9 Å². The number of anilines is 1. The van der Waals surface area contributed by atoms with Gasteiger partial charge in [0.25, 0.3) is 0 Å². The van der Waals surface area contributed by atoms with Gasteiger partial charge in [0.15, 0.2) is 11.5 Å². The summed E-state index contributed by atoms with van der Waals surface area (Å²) >= 11 is 0. The number of β-amino-alcohol motifs (C(OH)–C–C–N with tert-alkyl or cyclic N) is 1. The third-order valence-corrected chi connectivity index (χ3v) is 4.37. The van der Waals surface area contributed by atoms with Crippen LogP contribution in [0.25, 0.3) is 0 Å². The first-order valence-corrected chi connectivity index (χ1v) is 7.92. The average Bonchev–Trinajstić information content (AvgIpc) is 2.79. The molecule has 3 rings (SSSR count). The Hall–Kier alpha value is -2.50. The van der Waals surface area contributed by atoms with Gasteiger partial charge in [0.2, 0.25) is 0 Å². The van der Waals surface area contributed by atoms with Crippen LogP contribution in [0.2, 0.25) is 0 Å². The molecule has 1 atom stereocenters. The van der Waals surface area contributed by atoms with Crippen molar-refractivity contribution in [3.05, 3.63) is 35.8 Å². The summed E-state index contributed by atoms with van der Waals surface area (Å²) in [5, 5.41) is 19.6. The molecular weight excluding hydrogens is 306 g/mol. The van der Waals surface area contributed by atoms with Gasteiger partial charge in [-0.25, -0.2) is 15.0 Å². The molecule has 1 aliphatic rings. The van der Waals surface area contributed by atoms with E-state index in [0.717, 1.165) is 24.6 Å². The van der Waals surface area contributed by atoms with Crippen molar-refractivity contribution in [3.63, 3.8) is 0 Å². The van der Waals surface area contributed by atoms with E-state index in [0.29, 0.717) is 31.1 Å². The van der Waals surface area contributed by atoms with Crippen LogP contribution in [0, 0.1) is 18.3 Å². The van der Waals surface area contributed by atoms with E-state index in [2.05, 4.69) is 30.5 Å². The standard InChI is InChI=1S/C16H21N7O/c1-12-20-8-13(21(12)2)9-22-5-6-23(11-14(24)10-22)16-15(7-17)18-3-4-19-16/h3-4,8,14,24H,5-6,9-11H2,1-2H3. The lowest BCUT2D eigenvalue weighted by molar-refractivity contribution is 0.128. The molecular formula is C16H21N7O. The Morgan fingerprint density at radius 3 is 2.75 bits per heavy atom. The van der Waals surface area contributed by atoms with Crippen LogP contribution >= 0.6 is 0 Å². The number of hydrogen-bond donors (Lipinski definition) is 1. The zero-order valence-corrected chi connectivity index (χ0v) is 13.9. The number of aromatic nitrogens is 4. The highest BCUT2D eigenvalue weighted by molar-refractivity contribution is 5.49. The highest BCUT2D eigenvalue weighted by atomic mass is 16.3. The number of imidazole rings is 1. The third kappa shape index (κ3) is 3.37. The second kappa shape index (κ2) is 6.95. The van der Waals surface area contributed by atoms with E-state index in [-0.39, 0.29) is 0 Å². The number of aliphatic hydroxyl groups excluding tert-OH is 1. The van der Waals surface area contributed by atoms with E-state index >= 15 is 0 Å². The molecule has 2 aromatic heterocycles. The molecule has 2 aromatic rings. The van der Waals surface area contributed by atoms with Gasteiger partial charge in [-0.05, 0) is 6.92 Å². The van der Waals surface area contributed by atoms with Crippen LogP contribution in [0.5, 0.6) is 0 Å². The minimum absolute atomic E-state index is 0.292. The molecule has 0 aromatic carbocycles. The minimum Gasteiger partial charge on any atom is -0.390 e. The molecule has 3 heterocycles. The molecule has 0 spiro atoms. The molecule has 1 saturated heterocycles. The van der Waals surface area contributed by atoms with Crippen LogP contribution in [-0.2, 0) is 13.6 Å². The molecule has 0 bridgehead atoms. The first-order chi connectivity index (χ1) is 11.6. The topological polar surface area (TPSA) is 94.1 Å². The predicted molar refractivity (Wildman–Crippen MR) is 88.2 cm³/mol. The summed E-state index contributed by atoms with van der Waals surface area (Å²) < 4.78 is 2.06. The second-order valence-electron chi connectivity index (χ2n) is 6.03. The van der Waals surface area contributed by atoms with Crippen LogP contribution in [0.4, 0.5) is 5.82 Å². The van der Waals surface area contributed by atoms with Gasteiger partial charge in [-0.15, -0.1) is 0 Å². The Labute approximate surface area is 141 Å². The first-order valence-electron chi connectivity index (χ1n) is 7.92. The second-order valence-corrected chi connectivity index (χ2v) is 6.03. The van der Waals surface area contributed by atoms with Crippen molar-refractivity contribution in [1.29, 1.82) is 5.26 Å². The molecule has 8 heteroatoms. The largest absolute Gasteiger partial charge is 0.390 e. The fourth-order valence-electron chi connectivity index (χ4n) is 2.96. The molecule has 8 nitrogen and oxygen atoms in total. The maximum Gasteiger partial charge on any atom is 0.183 e. The zero-order chi connectivity index (χ0) is 17.1. The first kappa shape index (κ1) is 16.4. The van der Waals surface area contributed by atoms with Crippen LogP contribution in [0.15, 0.2) is 18.6 Å². The lowest BCUT2D eigenvalue weighted by atomic mass is 10.3. The van der Waals surface area contributed by atoms with Gasteiger partial charge >= 0.3 is 0 Å². The Bertz CT molecular complexity index is 751. The number of aliphatic hydroxyl groups is 1. The maximum absolute atomic E-state index is 10.4. The molecule has 1 N–H and O–H groups in total. The van der Waals surface area contributed by atoms with Gasteiger partial charge < -0.3 is 14.6 Å². The number of aryl methyl sites for hydroxylation is 1. The monoisotopic (exact) mass is 327 g/mol. The molecule has 1 aliphatic heterocycles. The summed E-state index contributed by atoms with van der Waals surface area (Å²) in [4.78, 5) is 16.8.